The number of halogens is 1. The van der Waals surface area contributed by atoms with Gasteiger partial charge in [0.2, 0.25) is 0 Å². The summed E-state index contributed by atoms with van der Waals surface area (Å²) in [5.41, 5.74) is -0.320. The quantitative estimate of drug-likeness (QED) is 0.579. The zero-order valence-corrected chi connectivity index (χ0v) is 10.0. The van der Waals surface area contributed by atoms with Crippen LogP contribution in [0.25, 0.3) is 0 Å². The van der Waals surface area contributed by atoms with E-state index in [9.17, 15) is 4.79 Å². The van der Waals surface area contributed by atoms with Crippen molar-refractivity contribution >= 4 is 17.7 Å². The molecule has 0 aromatic heterocycles. The molecule has 14 heavy (non-hydrogen) atoms. The second kappa shape index (κ2) is 5.53. The molecule has 0 aromatic carbocycles. The Morgan fingerprint density at radius 2 is 1.93 bits per heavy atom. The van der Waals surface area contributed by atoms with E-state index in [4.69, 9.17) is 16.5 Å². The maximum atomic E-state index is 11.2. The number of rotatable bonds is 4. The van der Waals surface area contributed by atoms with Crippen molar-refractivity contribution in [2.45, 2.75) is 45.4 Å². The highest BCUT2D eigenvalue weighted by Crippen LogP contribution is 2.13. The lowest BCUT2D eigenvalue weighted by molar-refractivity contribution is -0.149. The van der Waals surface area contributed by atoms with E-state index in [2.05, 4.69) is 9.57 Å². The van der Waals surface area contributed by atoms with Gasteiger partial charge in [-0.15, -0.1) is 0 Å². The predicted octanol–water partition coefficient (Wildman–Crippen LogP) is 1.47. The Labute approximate surface area is 90.0 Å². The van der Waals surface area contributed by atoms with Crippen molar-refractivity contribution < 1.29 is 14.3 Å². The molecule has 5 heteroatoms. The third kappa shape index (κ3) is 4.79. The van der Waals surface area contributed by atoms with Gasteiger partial charge in [0.15, 0.2) is 0 Å². The number of esters is 1. The minimum Gasteiger partial charge on any atom is -0.468 e. The molecule has 0 aromatic rings. The van der Waals surface area contributed by atoms with Gasteiger partial charge in [0, 0.05) is 0 Å². The molecule has 84 valence electrons. The fourth-order valence-corrected chi connectivity index (χ4v) is 1.34. The van der Waals surface area contributed by atoms with Crippen LogP contribution in [0.1, 0.15) is 27.7 Å². The van der Waals surface area contributed by atoms with E-state index in [1.165, 1.54) is 7.11 Å². The second-order valence-corrected chi connectivity index (χ2v) is 4.26. The first-order valence-electron chi connectivity index (χ1n) is 4.43. The lowest BCUT2D eigenvalue weighted by Crippen LogP contribution is -2.45. The first kappa shape index (κ1) is 13.7. The Balaban J connectivity index is 4.32. The van der Waals surface area contributed by atoms with Crippen molar-refractivity contribution in [2.24, 2.45) is 0 Å². The van der Waals surface area contributed by atoms with Gasteiger partial charge >= 0.3 is 5.97 Å². The largest absolute Gasteiger partial charge is 0.468 e. The zero-order valence-electron chi connectivity index (χ0n) is 9.26. The molecule has 0 saturated carbocycles. The van der Waals surface area contributed by atoms with Crippen LogP contribution in [0.2, 0.25) is 0 Å². The molecule has 0 heterocycles. The summed E-state index contributed by atoms with van der Waals surface area (Å²) in [6.45, 7) is 7.49. The van der Waals surface area contributed by atoms with Crippen molar-refractivity contribution in [3.8, 4) is 0 Å². The molecule has 0 radical (unpaired) electrons. The Morgan fingerprint density at radius 1 is 1.43 bits per heavy atom. The number of methoxy groups -OCH3 is 1. The molecular weight excluding hydrogens is 206 g/mol. The van der Waals surface area contributed by atoms with E-state index >= 15 is 0 Å². The molecule has 0 aliphatic heterocycles. The number of hydrogen-bond donors (Lipinski definition) is 1. The summed E-state index contributed by atoms with van der Waals surface area (Å²) in [7, 11) is 1.31. The smallest absolute Gasteiger partial charge is 0.326 e. The topological polar surface area (TPSA) is 47.6 Å². The van der Waals surface area contributed by atoms with Crippen molar-refractivity contribution in [2.75, 3.05) is 7.11 Å². The first-order chi connectivity index (χ1) is 6.31. The molecule has 1 N–H and O–H groups in total. The number of carbonyl (C=O) groups is 1. The Hall–Kier alpha value is -0.320. The molecule has 0 aliphatic carbocycles. The molecule has 0 rings (SSSR count). The summed E-state index contributed by atoms with van der Waals surface area (Å²) in [5.74, 6) is -0.434. The molecule has 0 saturated heterocycles. The van der Waals surface area contributed by atoms with Crippen LogP contribution in [0.3, 0.4) is 0 Å². The molecule has 0 fully saturated rings. The van der Waals surface area contributed by atoms with Crippen LogP contribution in [0.15, 0.2) is 0 Å². The second-order valence-electron chi connectivity index (χ2n) is 4.05. The van der Waals surface area contributed by atoms with Gasteiger partial charge in [-0.05, 0) is 39.5 Å². The Bertz CT molecular complexity index is 191. The van der Waals surface area contributed by atoms with E-state index in [1.54, 1.807) is 6.92 Å². The van der Waals surface area contributed by atoms with Crippen LogP contribution in [-0.4, -0.2) is 30.8 Å². The maximum absolute atomic E-state index is 11.2. The van der Waals surface area contributed by atoms with Crippen LogP contribution in [-0.2, 0) is 14.3 Å². The zero-order chi connectivity index (χ0) is 11.4. The van der Waals surface area contributed by atoms with Crippen molar-refractivity contribution in [1.82, 2.24) is 4.84 Å². The van der Waals surface area contributed by atoms with Gasteiger partial charge in [0.05, 0.1) is 18.8 Å². The standard InChI is InChI=1S/C9H18ClNO3/c1-6(14-9(2,3)4)7(11-10)8(12)13-5/h6-7,11H,1-5H3/t6?,7-/m1/s1. The summed E-state index contributed by atoms with van der Waals surface area (Å²) in [5, 5.41) is 0. The van der Waals surface area contributed by atoms with Gasteiger partial charge in [-0.1, -0.05) is 0 Å². The van der Waals surface area contributed by atoms with Gasteiger partial charge < -0.3 is 9.47 Å². The fourth-order valence-electron chi connectivity index (χ4n) is 1.08. The average Bonchev–Trinajstić information content (AvgIpc) is 2.01. The van der Waals surface area contributed by atoms with Gasteiger partial charge in [-0.2, -0.15) is 0 Å². The van der Waals surface area contributed by atoms with Crippen molar-refractivity contribution in [3.05, 3.63) is 0 Å². The van der Waals surface area contributed by atoms with Crippen molar-refractivity contribution in [1.29, 1.82) is 0 Å². The van der Waals surface area contributed by atoms with Crippen molar-refractivity contribution in [3.63, 3.8) is 0 Å². The van der Waals surface area contributed by atoms with Gasteiger partial charge in [0.25, 0.3) is 0 Å². The fraction of sp³-hybridized carbons (Fsp3) is 0.889. The highest BCUT2D eigenvalue weighted by molar-refractivity contribution is 6.14. The maximum Gasteiger partial charge on any atom is 0.326 e. The van der Waals surface area contributed by atoms with Gasteiger partial charge in [-0.3, -0.25) is 4.79 Å². The molecule has 4 nitrogen and oxygen atoms in total. The molecule has 0 aliphatic rings. The molecular formula is C9H18ClNO3. The summed E-state index contributed by atoms with van der Waals surface area (Å²) in [6.07, 6.45) is -0.347. The molecule has 2 atom stereocenters. The third-order valence-corrected chi connectivity index (χ3v) is 1.82. The predicted molar refractivity (Wildman–Crippen MR) is 55.1 cm³/mol. The van der Waals surface area contributed by atoms with Crippen LogP contribution in [0, 0.1) is 0 Å². The summed E-state index contributed by atoms with van der Waals surface area (Å²) in [6, 6.07) is -0.652. The normalized spacial score (nSPS) is 16.1. The van der Waals surface area contributed by atoms with E-state index in [-0.39, 0.29) is 11.7 Å². The Kier molecular flexibility index (Phi) is 5.41. The minimum absolute atomic E-state index is 0.320. The lowest BCUT2D eigenvalue weighted by atomic mass is 10.1. The monoisotopic (exact) mass is 223 g/mol. The molecule has 1 unspecified atom stereocenters. The first-order valence-corrected chi connectivity index (χ1v) is 4.81. The number of hydrogen-bond acceptors (Lipinski definition) is 4. The third-order valence-electron chi connectivity index (χ3n) is 1.58. The number of carbonyl (C=O) groups excluding carboxylic acids is 1. The van der Waals surface area contributed by atoms with E-state index in [1.807, 2.05) is 20.8 Å². The van der Waals surface area contributed by atoms with E-state index in [0.717, 1.165) is 0 Å². The highest BCUT2D eigenvalue weighted by atomic mass is 35.5. The van der Waals surface area contributed by atoms with E-state index in [0.29, 0.717) is 0 Å². The number of ether oxygens (including phenoxy) is 2. The highest BCUT2D eigenvalue weighted by Gasteiger charge is 2.29. The van der Waals surface area contributed by atoms with Crippen LogP contribution in [0.4, 0.5) is 0 Å². The van der Waals surface area contributed by atoms with Crippen LogP contribution >= 0.6 is 11.8 Å². The van der Waals surface area contributed by atoms with Gasteiger partial charge in [0.1, 0.15) is 6.04 Å². The van der Waals surface area contributed by atoms with E-state index < -0.39 is 12.0 Å². The SMILES string of the molecule is COC(=O)[C@H](NCl)C(C)OC(C)(C)C. The summed E-state index contributed by atoms with van der Waals surface area (Å²) in [4.78, 5) is 13.6. The van der Waals surface area contributed by atoms with Crippen LogP contribution in [0.5, 0.6) is 0 Å². The minimum atomic E-state index is -0.652. The number of nitrogens with one attached hydrogen (secondary N) is 1. The lowest BCUT2D eigenvalue weighted by Gasteiger charge is -2.28. The summed E-state index contributed by atoms with van der Waals surface area (Å²) < 4.78 is 10.1. The Morgan fingerprint density at radius 3 is 2.21 bits per heavy atom. The summed E-state index contributed by atoms with van der Waals surface area (Å²) >= 11 is 5.43. The molecule has 0 spiro atoms. The molecule has 0 amide bonds. The van der Waals surface area contributed by atoms with Gasteiger partial charge in [-0.25, -0.2) is 4.84 Å². The van der Waals surface area contributed by atoms with Crippen LogP contribution < -0.4 is 4.84 Å². The molecule has 0 bridgehead atoms. The average molecular weight is 224 g/mol.